The maximum absolute atomic E-state index is 13.6. The molecule has 126 valence electrons. The molecule has 2 aromatic rings. The summed E-state index contributed by atoms with van der Waals surface area (Å²) in [6.45, 7) is 1.86. The van der Waals surface area contributed by atoms with Crippen LogP contribution in [-0.2, 0) is 0 Å². The van der Waals surface area contributed by atoms with E-state index in [1.807, 2.05) is 0 Å². The molecule has 7 nitrogen and oxygen atoms in total. The van der Waals surface area contributed by atoms with Gasteiger partial charge < -0.3 is 20.1 Å². The van der Waals surface area contributed by atoms with Gasteiger partial charge in [0.1, 0.15) is 0 Å². The van der Waals surface area contributed by atoms with Gasteiger partial charge >= 0.3 is 0 Å². The molecule has 8 heteroatoms. The number of carbonyl (C=O) groups excluding carboxylic acids is 1. The lowest BCUT2D eigenvalue weighted by Crippen LogP contribution is -2.20. The minimum Gasteiger partial charge on any atom is -0.502 e. The number of hydrogen-bond acceptors (Lipinski definition) is 6. The average Bonchev–Trinajstić information content (AvgIpc) is 3.12. The van der Waals surface area contributed by atoms with Crippen LogP contribution in [0.5, 0.6) is 11.5 Å². The maximum Gasteiger partial charge on any atom is 0.255 e. The minimum absolute atomic E-state index is 0.0192. The number of amides is 1. The highest BCUT2D eigenvalue weighted by atomic mass is 19.1. The van der Waals surface area contributed by atoms with E-state index in [4.69, 9.17) is 4.74 Å². The number of halogens is 1. The van der Waals surface area contributed by atoms with Gasteiger partial charge in [-0.05, 0) is 25.0 Å². The maximum atomic E-state index is 13.6. The number of aromatic nitrogens is 2. The second kappa shape index (κ2) is 6.69. The standard InChI is InChI=1S/C16H17FN4O3/c1-24-13-7-10(6-12(17)14(13)22)15(23)20-11-8-18-16(19-9-11)21-4-2-3-5-21/h6-9,22H,2-5H2,1H3,(H,20,23). The SMILES string of the molecule is COc1cc(C(=O)Nc2cnc(N3CCCC3)nc2)cc(F)c1O. The number of nitrogens with one attached hydrogen (secondary N) is 1. The summed E-state index contributed by atoms with van der Waals surface area (Å²) in [5.74, 6) is -1.60. The van der Waals surface area contributed by atoms with Gasteiger partial charge in [-0.1, -0.05) is 0 Å². The van der Waals surface area contributed by atoms with Crippen molar-refractivity contribution in [1.82, 2.24) is 9.97 Å². The fourth-order valence-electron chi connectivity index (χ4n) is 2.53. The van der Waals surface area contributed by atoms with Crippen LogP contribution in [0.3, 0.4) is 0 Å². The lowest BCUT2D eigenvalue weighted by Gasteiger charge is -2.14. The van der Waals surface area contributed by atoms with Crippen molar-refractivity contribution in [2.75, 3.05) is 30.4 Å². The zero-order chi connectivity index (χ0) is 17.1. The van der Waals surface area contributed by atoms with E-state index >= 15 is 0 Å². The fraction of sp³-hybridized carbons (Fsp3) is 0.312. The van der Waals surface area contributed by atoms with Crippen LogP contribution >= 0.6 is 0 Å². The topological polar surface area (TPSA) is 87.6 Å². The monoisotopic (exact) mass is 332 g/mol. The van der Waals surface area contributed by atoms with Crippen molar-refractivity contribution < 1.29 is 19.0 Å². The van der Waals surface area contributed by atoms with Crippen molar-refractivity contribution in [2.45, 2.75) is 12.8 Å². The van der Waals surface area contributed by atoms with E-state index in [1.165, 1.54) is 25.6 Å². The number of ether oxygens (including phenoxy) is 1. The smallest absolute Gasteiger partial charge is 0.255 e. The molecule has 1 aromatic carbocycles. The first-order valence-electron chi connectivity index (χ1n) is 7.53. The first-order chi connectivity index (χ1) is 11.6. The molecule has 2 heterocycles. The van der Waals surface area contributed by atoms with Crippen molar-refractivity contribution in [3.63, 3.8) is 0 Å². The first-order valence-corrected chi connectivity index (χ1v) is 7.53. The molecule has 1 amide bonds. The summed E-state index contributed by atoms with van der Waals surface area (Å²) in [6, 6.07) is 2.19. The number of methoxy groups -OCH3 is 1. The Hall–Kier alpha value is -2.90. The second-order valence-electron chi connectivity index (χ2n) is 5.43. The van der Waals surface area contributed by atoms with Gasteiger partial charge in [0.15, 0.2) is 17.3 Å². The first kappa shape index (κ1) is 16.0. The molecule has 1 saturated heterocycles. The Morgan fingerprint density at radius 1 is 1.29 bits per heavy atom. The van der Waals surface area contributed by atoms with E-state index < -0.39 is 17.5 Å². The largest absolute Gasteiger partial charge is 0.502 e. The number of hydrogen-bond donors (Lipinski definition) is 2. The Morgan fingerprint density at radius 3 is 2.58 bits per heavy atom. The van der Waals surface area contributed by atoms with Gasteiger partial charge in [-0.15, -0.1) is 0 Å². The molecule has 3 rings (SSSR count). The number of nitrogens with zero attached hydrogens (tertiary/aromatic N) is 3. The molecule has 0 aliphatic carbocycles. The number of anilines is 2. The third kappa shape index (κ3) is 3.22. The minimum atomic E-state index is -0.930. The summed E-state index contributed by atoms with van der Waals surface area (Å²) in [7, 11) is 1.28. The van der Waals surface area contributed by atoms with Gasteiger partial charge in [0.2, 0.25) is 5.95 Å². The van der Waals surface area contributed by atoms with E-state index in [0.717, 1.165) is 32.0 Å². The summed E-state index contributed by atoms with van der Waals surface area (Å²) in [6.07, 6.45) is 5.26. The molecule has 1 aliphatic heterocycles. The molecular formula is C16H17FN4O3. The molecule has 0 radical (unpaired) electrons. The van der Waals surface area contributed by atoms with Crippen LogP contribution < -0.4 is 15.0 Å². The highest BCUT2D eigenvalue weighted by molar-refractivity contribution is 6.04. The van der Waals surface area contributed by atoms with Crippen LogP contribution in [0.25, 0.3) is 0 Å². The van der Waals surface area contributed by atoms with Gasteiger partial charge in [0.25, 0.3) is 5.91 Å². The lowest BCUT2D eigenvalue weighted by atomic mass is 10.1. The molecule has 0 spiro atoms. The Labute approximate surface area is 138 Å². The third-order valence-corrected chi connectivity index (χ3v) is 3.80. The second-order valence-corrected chi connectivity index (χ2v) is 5.43. The third-order valence-electron chi connectivity index (χ3n) is 3.80. The zero-order valence-corrected chi connectivity index (χ0v) is 13.1. The highest BCUT2D eigenvalue weighted by Gasteiger charge is 2.17. The van der Waals surface area contributed by atoms with Crippen LogP contribution in [0.2, 0.25) is 0 Å². The summed E-state index contributed by atoms with van der Waals surface area (Å²) >= 11 is 0. The molecule has 1 aliphatic rings. The molecular weight excluding hydrogens is 315 g/mol. The zero-order valence-electron chi connectivity index (χ0n) is 13.1. The van der Waals surface area contributed by atoms with E-state index in [0.29, 0.717) is 11.6 Å². The van der Waals surface area contributed by atoms with Crippen molar-refractivity contribution in [1.29, 1.82) is 0 Å². The van der Waals surface area contributed by atoms with Crippen LogP contribution in [-0.4, -0.2) is 41.2 Å². The molecule has 0 saturated carbocycles. The molecule has 0 atom stereocenters. The Balaban J connectivity index is 1.73. The number of rotatable bonds is 4. The average molecular weight is 332 g/mol. The number of aromatic hydroxyl groups is 1. The number of phenols is 1. The lowest BCUT2D eigenvalue weighted by molar-refractivity contribution is 0.102. The van der Waals surface area contributed by atoms with Crippen LogP contribution in [0, 0.1) is 5.82 Å². The Morgan fingerprint density at radius 2 is 1.96 bits per heavy atom. The van der Waals surface area contributed by atoms with Gasteiger partial charge in [-0.2, -0.15) is 0 Å². The number of benzene rings is 1. The van der Waals surface area contributed by atoms with Crippen molar-refractivity contribution in [3.05, 3.63) is 35.9 Å². The predicted octanol–water partition coefficient (Wildman–Crippen LogP) is 2.18. The fourth-order valence-corrected chi connectivity index (χ4v) is 2.53. The van der Waals surface area contributed by atoms with Gasteiger partial charge in [0.05, 0.1) is 25.2 Å². The summed E-state index contributed by atoms with van der Waals surface area (Å²) in [4.78, 5) is 22.7. The van der Waals surface area contributed by atoms with Crippen LogP contribution in [0.4, 0.5) is 16.0 Å². The molecule has 1 fully saturated rings. The van der Waals surface area contributed by atoms with Crippen molar-refractivity contribution in [3.8, 4) is 11.5 Å². The van der Waals surface area contributed by atoms with E-state index in [9.17, 15) is 14.3 Å². The summed E-state index contributed by atoms with van der Waals surface area (Å²) < 4.78 is 18.5. The van der Waals surface area contributed by atoms with Gasteiger partial charge in [-0.25, -0.2) is 14.4 Å². The Bertz CT molecular complexity index is 746. The van der Waals surface area contributed by atoms with Crippen molar-refractivity contribution in [2.24, 2.45) is 0 Å². The molecule has 24 heavy (non-hydrogen) atoms. The molecule has 1 aromatic heterocycles. The molecule has 2 N–H and O–H groups in total. The summed E-state index contributed by atoms with van der Waals surface area (Å²) in [5.41, 5.74) is 0.418. The number of carbonyl (C=O) groups is 1. The summed E-state index contributed by atoms with van der Waals surface area (Å²) in [5, 5.41) is 12.1. The molecule has 0 bridgehead atoms. The van der Waals surface area contributed by atoms with Crippen molar-refractivity contribution >= 4 is 17.5 Å². The quantitative estimate of drug-likeness (QED) is 0.892. The highest BCUT2D eigenvalue weighted by Crippen LogP contribution is 2.30. The van der Waals surface area contributed by atoms with E-state index in [1.54, 1.807) is 0 Å². The predicted molar refractivity (Wildman–Crippen MR) is 86.0 cm³/mol. The number of phenolic OH excluding ortho intramolecular Hbond substituents is 1. The van der Waals surface area contributed by atoms with Gasteiger partial charge in [-0.3, -0.25) is 4.79 Å². The van der Waals surface area contributed by atoms with E-state index in [-0.39, 0.29) is 11.3 Å². The normalized spacial score (nSPS) is 13.8. The Kier molecular flexibility index (Phi) is 4.45. The molecule has 0 unspecified atom stereocenters. The van der Waals surface area contributed by atoms with E-state index in [2.05, 4.69) is 20.2 Å². The van der Waals surface area contributed by atoms with Crippen LogP contribution in [0.1, 0.15) is 23.2 Å². The van der Waals surface area contributed by atoms with Crippen LogP contribution in [0.15, 0.2) is 24.5 Å². The van der Waals surface area contributed by atoms with Gasteiger partial charge in [0, 0.05) is 18.7 Å².